The van der Waals surface area contributed by atoms with E-state index in [0.717, 1.165) is 81.7 Å². The molecule has 9 rings (SSSR count). The third-order valence-electron chi connectivity index (χ3n) is 10.5. The maximum Gasteiger partial charge on any atom is 0.255 e. The van der Waals surface area contributed by atoms with Crippen molar-refractivity contribution < 1.29 is 9.59 Å². The Morgan fingerprint density at radius 1 is 0.692 bits per heavy atom. The summed E-state index contributed by atoms with van der Waals surface area (Å²) in [6.45, 7) is 1.39. The molecule has 2 aliphatic rings. The zero-order valence-corrected chi connectivity index (χ0v) is 29.4. The van der Waals surface area contributed by atoms with Gasteiger partial charge in [0.25, 0.3) is 11.8 Å². The van der Waals surface area contributed by atoms with E-state index in [1.54, 1.807) is 60.8 Å². The van der Waals surface area contributed by atoms with Crippen LogP contribution in [0.1, 0.15) is 64.1 Å². The zero-order valence-electron chi connectivity index (χ0n) is 28.6. The number of hydrogen-bond acceptors (Lipinski definition) is 7. The van der Waals surface area contributed by atoms with Crippen molar-refractivity contribution in [2.45, 2.75) is 36.6 Å². The largest absolute Gasteiger partial charge is 0.340 e. The van der Waals surface area contributed by atoms with Gasteiger partial charge < -0.3 is 19.8 Å². The molecule has 258 valence electrons. The third kappa shape index (κ3) is 5.52. The van der Waals surface area contributed by atoms with Crippen LogP contribution >= 0.6 is 11.8 Å². The monoisotopic (exact) mass is 704 g/mol. The van der Waals surface area contributed by atoms with Gasteiger partial charge in [0, 0.05) is 49.0 Å². The number of aromatic amines is 2. The van der Waals surface area contributed by atoms with Gasteiger partial charge in [-0.2, -0.15) is 0 Å². The molecule has 0 saturated carbocycles. The second-order valence-corrected chi connectivity index (χ2v) is 14.5. The smallest absolute Gasteiger partial charge is 0.255 e. The van der Waals surface area contributed by atoms with Gasteiger partial charge in [-0.1, -0.05) is 36.4 Å². The Kier molecular flexibility index (Phi) is 8.07. The zero-order chi connectivity index (χ0) is 35.2. The van der Waals surface area contributed by atoms with Crippen molar-refractivity contribution in [2.24, 2.45) is 0 Å². The number of nitrogens with one attached hydrogen (secondary N) is 2. The average Bonchev–Trinajstić information content (AvgIpc) is 4.03. The number of benzene rings is 3. The Hall–Kier alpha value is -5.81. The topological polar surface area (TPSA) is 124 Å². The summed E-state index contributed by atoms with van der Waals surface area (Å²) in [5.41, 5.74) is 9.31. The van der Waals surface area contributed by atoms with Gasteiger partial charge in [-0.05, 0) is 103 Å². The van der Waals surface area contributed by atoms with E-state index in [9.17, 15) is 9.59 Å². The van der Waals surface area contributed by atoms with Crippen molar-refractivity contribution in [2.75, 3.05) is 19.3 Å². The predicted molar refractivity (Wildman–Crippen MR) is 204 cm³/mol. The Labute approximate surface area is 304 Å². The normalized spacial score (nSPS) is 18.8. The molecular formula is C41H36N8O2S. The number of nitrogens with zero attached hydrogens (tertiary/aromatic N) is 6. The van der Waals surface area contributed by atoms with Gasteiger partial charge in [-0.25, -0.2) is 9.97 Å². The van der Waals surface area contributed by atoms with Crippen LogP contribution in [0.4, 0.5) is 0 Å². The Morgan fingerprint density at radius 3 is 1.90 bits per heavy atom. The Morgan fingerprint density at radius 2 is 1.27 bits per heavy atom. The van der Waals surface area contributed by atoms with Crippen LogP contribution < -0.4 is 0 Å². The molecule has 52 heavy (non-hydrogen) atoms. The van der Waals surface area contributed by atoms with Gasteiger partial charge in [0.1, 0.15) is 16.5 Å². The number of H-pyrrole nitrogens is 2. The highest BCUT2D eigenvalue weighted by atomic mass is 32.2. The lowest BCUT2D eigenvalue weighted by Crippen LogP contribution is -2.43. The van der Waals surface area contributed by atoms with Crippen LogP contribution in [0, 0.1) is 0 Å². The summed E-state index contributed by atoms with van der Waals surface area (Å²) in [4.78, 5) is 55.4. The van der Waals surface area contributed by atoms with Crippen molar-refractivity contribution in [3.63, 3.8) is 0 Å². The second-order valence-electron chi connectivity index (χ2n) is 13.4. The summed E-state index contributed by atoms with van der Waals surface area (Å²) in [5, 5.41) is 0. The molecule has 10 nitrogen and oxygen atoms in total. The first kappa shape index (κ1) is 32.1. The van der Waals surface area contributed by atoms with E-state index < -0.39 is 4.87 Å². The maximum atomic E-state index is 13.6. The molecule has 2 amide bonds. The van der Waals surface area contributed by atoms with Crippen LogP contribution in [0.2, 0.25) is 0 Å². The summed E-state index contributed by atoms with van der Waals surface area (Å²) in [6, 6.07) is 28.1. The van der Waals surface area contributed by atoms with Crippen molar-refractivity contribution in [3.05, 3.63) is 132 Å². The molecule has 2 saturated heterocycles. The molecule has 0 bridgehead atoms. The van der Waals surface area contributed by atoms with Crippen LogP contribution in [0.25, 0.3) is 44.3 Å². The Balaban J connectivity index is 0.952. The van der Waals surface area contributed by atoms with E-state index in [1.807, 2.05) is 15.9 Å². The van der Waals surface area contributed by atoms with Crippen LogP contribution in [0.3, 0.4) is 0 Å². The van der Waals surface area contributed by atoms with Gasteiger partial charge in [0.05, 0.1) is 28.1 Å². The molecule has 2 aliphatic heterocycles. The average molecular weight is 705 g/mol. The fraction of sp³-hybridized carbons (Fsp3) is 0.220. The van der Waals surface area contributed by atoms with E-state index in [2.05, 4.69) is 80.8 Å². The van der Waals surface area contributed by atoms with Gasteiger partial charge in [-0.3, -0.25) is 19.6 Å². The lowest BCUT2D eigenvalue weighted by molar-refractivity contribution is 0.0698. The van der Waals surface area contributed by atoms with Gasteiger partial charge >= 0.3 is 0 Å². The molecule has 2 atom stereocenters. The molecule has 3 aromatic carbocycles. The quantitative estimate of drug-likeness (QED) is 0.172. The summed E-state index contributed by atoms with van der Waals surface area (Å²) >= 11 is 1.66. The van der Waals surface area contributed by atoms with E-state index in [1.165, 1.54) is 0 Å². The molecule has 2 fully saturated rings. The second kappa shape index (κ2) is 13.1. The number of aromatic nitrogens is 6. The number of amides is 2. The third-order valence-corrected chi connectivity index (χ3v) is 11.8. The molecule has 7 aromatic rings. The fourth-order valence-corrected chi connectivity index (χ4v) is 8.85. The number of thioether (sulfide) groups is 1. The van der Waals surface area contributed by atoms with Crippen molar-refractivity contribution in [1.29, 1.82) is 0 Å². The predicted octanol–water partition coefficient (Wildman–Crippen LogP) is 7.99. The van der Waals surface area contributed by atoms with Crippen molar-refractivity contribution in [3.8, 4) is 22.3 Å². The molecule has 11 heteroatoms. The number of rotatable bonds is 7. The first-order chi connectivity index (χ1) is 25.5. The minimum atomic E-state index is -0.564. The van der Waals surface area contributed by atoms with Gasteiger partial charge in [0.15, 0.2) is 0 Å². The van der Waals surface area contributed by atoms with Gasteiger partial charge in [-0.15, -0.1) is 11.8 Å². The highest BCUT2D eigenvalue weighted by Crippen LogP contribution is 2.47. The number of carbonyl (C=O) groups is 2. The lowest BCUT2D eigenvalue weighted by atomic mass is 10.00. The highest BCUT2D eigenvalue weighted by Gasteiger charge is 2.47. The molecule has 6 heterocycles. The standard InChI is InChI=1S/C41H36N8O2S/c1-52-41(17-3-23-49(41)39(51)29-15-20-43-21-16-29)40-46-33-12-10-31(25-35(33)47-40)27-7-5-26(6-8-27)30-9-11-32-34(24-30)45-37(44-32)36-4-2-22-48(36)38(50)28-13-18-42-19-14-28/h5-16,18-21,24-25,36H,2-4,17,22-23H2,1H3,(H,44,45)(H,46,47). The molecule has 2 N–H and O–H groups in total. The molecule has 0 spiro atoms. The minimum Gasteiger partial charge on any atom is -0.340 e. The van der Waals surface area contributed by atoms with Crippen molar-refractivity contribution >= 4 is 45.6 Å². The summed E-state index contributed by atoms with van der Waals surface area (Å²) in [7, 11) is 0. The molecule has 0 radical (unpaired) electrons. The molecular weight excluding hydrogens is 669 g/mol. The number of pyridine rings is 2. The summed E-state index contributed by atoms with van der Waals surface area (Å²) < 4.78 is 0. The van der Waals surface area contributed by atoms with Crippen LogP contribution in [0.15, 0.2) is 110 Å². The minimum absolute atomic E-state index is 0.00323. The molecule has 2 unspecified atom stereocenters. The summed E-state index contributed by atoms with van der Waals surface area (Å²) in [5.74, 6) is 1.64. The summed E-state index contributed by atoms with van der Waals surface area (Å²) in [6.07, 6.45) is 12.2. The van der Waals surface area contributed by atoms with E-state index >= 15 is 0 Å². The lowest BCUT2D eigenvalue weighted by Gasteiger charge is -2.35. The van der Waals surface area contributed by atoms with Crippen LogP contribution in [-0.4, -0.2) is 70.9 Å². The van der Waals surface area contributed by atoms with Crippen molar-refractivity contribution in [1.82, 2.24) is 39.7 Å². The number of imidazole rings is 2. The number of hydrogen-bond donors (Lipinski definition) is 2. The van der Waals surface area contributed by atoms with E-state index in [-0.39, 0.29) is 17.9 Å². The number of fused-ring (bicyclic) bond motifs is 2. The molecule has 0 aliphatic carbocycles. The van der Waals surface area contributed by atoms with E-state index in [4.69, 9.17) is 9.97 Å². The highest BCUT2D eigenvalue weighted by molar-refractivity contribution is 7.99. The fourth-order valence-electron chi connectivity index (χ4n) is 7.81. The first-order valence-electron chi connectivity index (χ1n) is 17.6. The number of likely N-dealkylation sites (tertiary alicyclic amines) is 2. The molecule has 4 aromatic heterocycles. The maximum absolute atomic E-state index is 13.6. The SMILES string of the molecule is CSC1(c2nc3ccc(-c4ccc(-c5ccc6nc(C7CCCN7C(=O)c7ccncc7)[nH]c6c5)cc4)cc3[nH]2)CCCN1C(=O)c1ccncc1. The number of carbonyl (C=O) groups excluding carboxylic acids is 2. The van der Waals surface area contributed by atoms with Crippen LogP contribution in [0.5, 0.6) is 0 Å². The Bertz CT molecular complexity index is 2430. The van der Waals surface area contributed by atoms with E-state index in [0.29, 0.717) is 24.2 Å². The van der Waals surface area contributed by atoms with Gasteiger partial charge in [0.2, 0.25) is 0 Å². The van der Waals surface area contributed by atoms with Crippen LogP contribution in [-0.2, 0) is 4.87 Å². The first-order valence-corrected chi connectivity index (χ1v) is 18.8.